The number of hydrogen-bond donors (Lipinski definition) is 0. The number of carbonyl (C=O) groups is 2. The fraction of sp³-hybridized carbons (Fsp3) is 0.421. The van der Waals surface area contributed by atoms with Crippen LogP contribution in [0.3, 0.4) is 0 Å². The standard InChI is InChI=1S/C19H23N3O3S/c1-14-8-6-7-11-21(14)17(23)13-25-18(24)16-12-20-19(26-2)22(16)15-9-4-3-5-10-15/h3-5,9-10,12,14H,6-8,11,13H2,1-2H3. The maximum atomic E-state index is 12.6. The van der Waals surface area contributed by atoms with Crippen LogP contribution in [0.2, 0.25) is 0 Å². The Labute approximate surface area is 157 Å². The van der Waals surface area contributed by atoms with Crippen LogP contribution in [0.5, 0.6) is 0 Å². The van der Waals surface area contributed by atoms with Crippen molar-refractivity contribution in [3.63, 3.8) is 0 Å². The minimum absolute atomic E-state index is 0.138. The largest absolute Gasteiger partial charge is 0.451 e. The Morgan fingerprint density at radius 3 is 2.73 bits per heavy atom. The highest BCUT2D eigenvalue weighted by Gasteiger charge is 2.25. The zero-order valence-corrected chi connectivity index (χ0v) is 15.9. The van der Waals surface area contributed by atoms with E-state index < -0.39 is 5.97 Å². The number of piperidine rings is 1. The number of amides is 1. The smallest absolute Gasteiger partial charge is 0.357 e. The molecule has 0 bridgehead atoms. The molecule has 138 valence electrons. The summed E-state index contributed by atoms with van der Waals surface area (Å²) < 4.78 is 7.06. The van der Waals surface area contributed by atoms with E-state index in [4.69, 9.17) is 4.74 Å². The van der Waals surface area contributed by atoms with Crippen molar-refractivity contribution in [2.45, 2.75) is 37.4 Å². The van der Waals surface area contributed by atoms with Gasteiger partial charge in [0.05, 0.1) is 6.20 Å². The molecule has 0 N–H and O–H groups in total. The lowest BCUT2D eigenvalue weighted by Gasteiger charge is -2.33. The molecule has 6 nitrogen and oxygen atoms in total. The molecule has 1 unspecified atom stereocenters. The van der Waals surface area contributed by atoms with E-state index in [1.54, 1.807) is 9.47 Å². The van der Waals surface area contributed by atoms with Crippen LogP contribution >= 0.6 is 11.8 Å². The number of ether oxygens (including phenoxy) is 1. The number of thioether (sulfide) groups is 1. The second-order valence-corrected chi connectivity index (χ2v) is 7.08. The summed E-state index contributed by atoms with van der Waals surface area (Å²) in [6.07, 6.45) is 6.53. The van der Waals surface area contributed by atoms with Gasteiger partial charge in [-0.2, -0.15) is 0 Å². The number of para-hydroxylation sites is 1. The Bertz CT molecular complexity index is 776. The van der Waals surface area contributed by atoms with E-state index in [0.717, 1.165) is 31.5 Å². The molecule has 2 heterocycles. The number of hydrogen-bond acceptors (Lipinski definition) is 5. The molecule has 1 fully saturated rings. The summed E-state index contributed by atoms with van der Waals surface area (Å²) in [6.45, 7) is 2.53. The minimum Gasteiger partial charge on any atom is -0.451 e. The Hall–Kier alpha value is -2.28. The maximum Gasteiger partial charge on any atom is 0.357 e. The molecule has 1 aromatic heterocycles. The number of carbonyl (C=O) groups excluding carboxylic acids is 2. The van der Waals surface area contributed by atoms with E-state index in [1.165, 1.54) is 18.0 Å². The number of benzene rings is 1. The maximum absolute atomic E-state index is 12.6. The van der Waals surface area contributed by atoms with E-state index in [1.807, 2.05) is 43.5 Å². The molecule has 1 amide bonds. The summed E-state index contributed by atoms with van der Waals surface area (Å²) >= 11 is 1.44. The quantitative estimate of drug-likeness (QED) is 0.595. The molecular weight excluding hydrogens is 350 g/mol. The third kappa shape index (κ3) is 3.93. The Morgan fingerprint density at radius 2 is 2.04 bits per heavy atom. The van der Waals surface area contributed by atoms with Gasteiger partial charge >= 0.3 is 5.97 Å². The Kier molecular flexibility index (Phi) is 5.98. The number of likely N-dealkylation sites (tertiary alicyclic amines) is 1. The van der Waals surface area contributed by atoms with Crippen molar-refractivity contribution < 1.29 is 14.3 Å². The summed E-state index contributed by atoms with van der Waals surface area (Å²) in [7, 11) is 0. The predicted octanol–water partition coefficient (Wildman–Crippen LogP) is 3.15. The number of nitrogens with zero attached hydrogens (tertiary/aromatic N) is 3. The normalized spacial score (nSPS) is 17.2. The first kappa shape index (κ1) is 18.5. The van der Waals surface area contributed by atoms with E-state index in [9.17, 15) is 9.59 Å². The molecular formula is C19H23N3O3S. The number of rotatable bonds is 5. The topological polar surface area (TPSA) is 64.4 Å². The molecule has 1 aliphatic rings. The van der Waals surface area contributed by atoms with Gasteiger partial charge in [-0.1, -0.05) is 30.0 Å². The number of imidazole rings is 1. The summed E-state index contributed by atoms with van der Waals surface area (Å²) in [5.74, 6) is -0.680. The van der Waals surface area contributed by atoms with Crippen molar-refractivity contribution in [3.8, 4) is 5.69 Å². The molecule has 1 aliphatic heterocycles. The molecule has 0 radical (unpaired) electrons. The van der Waals surface area contributed by atoms with Gasteiger partial charge < -0.3 is 9.64 Å². The zero-order valence-electron chi connectivity index (χ0n) is 15.1. The summed E-state index contributed by atoms with van der Waals surface area (Å²) in [6, 6.07) is 9.71. The van der Waals surface area contributed by atoms with Crippen LogP contribution in [0.1, 0.15) is 36.7 Å². The highest BCUT2D eigenvalue weighted by molar-refractivity contribution is 7.98. The van der Waals surface area contributed by atoms with Gasteiger partial charge in [-0.3, -0.25) is 9.36 Å². The summed E-state index contributed by atoms with van der Waals surface area (Å²) in [5, 5.41) is 0.694. The lowest BCUT2D eigenvalue weighted by atomic mass is 10.0. The van der Waals surface area contributed by atoms with E-state index >= 15 is 0 Å². The van der Waals surface area contributed by atoms with Gasteiger partial charge in [0.25, 0.3) is 5.91 Å². The average Bonchev–Trinajstić information content (AvgIpc) is 3.11. The van der Waals surface area contributed by atoms with Gasteiger partial charge in [-0.05, 0) is 44.6 Å². The second-order valence-electron chi connectivity index (χ2n) is 6.31. The average molecular weight is 373 g/mol. The summed E-state index contributed by atoms with van der Waals surface area (Å²) in [4.78, 5) is 31.1. The molecule has 2 aromatic rings. The Balaban J connectivity index is 1.72. The molecule has 1 atom stereocenters. The van der Waals surface area contributed by atoms with E-state index in [-0.39, 0.29) is 18.6 Å². The van der Waals surface area contributed by atoms with Crippen LogP contribution < -0.4 is 0 Å². The SMILES string of the molecule is CSc1ncc(C(=O)OCC(=O)N2CCCCC2C)n1-c1ccccc1. The van der Waals surface area contributed by atoms with E-state index in [0.29, 0.717) is 10.9 Å². The fourth-order valence-electron chi connectivity index (χ4n) is 3.20. The van der Waals surface area contributed by atoms with Crippen molar-refractivity contribution in [1.82, 2.24) is 14.5 Å². The first-order chi connectivity index (χ1) is 12.6. The van der Waals surface area contributed by atoms with Crippen LogP contribution in [-0.2, 0) is 9.53 Å². The third-order valence-electron chi connectivity index (χ3n) is 4.59. The zero-order chi connectivity index (χ0) is 18.5. The lowest BCUT2D eigenvalue weighted by Crippen LogP contribution is -2.44. The highest BCUT2D eigenvalue weighted by atomic mass is 32.2. The molecule has 0 aliphatic carbocycles. The van der Waals surface area contributed by atoms with Gasteiger partial charge in [0.2, 0.25) is 0 Å². The first-order valence-corrected chi connectivity index (χ1v) is 9.98. The van der Waals surface area contributed by atoms with Crippen molar-refractivity contribution in [1.29, 1.82) is 0 Å². The minimum atomic E-state index is -0.542. The summed E-state index contributed by atoms with van der Waals surface area (Å²) in [5.41, 5.74) is 1.15. The van der Waals surface area contributed by atoms with Crippen LogP contribution in [0.4, 0.5) is 0 Å². The van der Waals surface area contributed by atoms with Crippen LogP contribution in [0, 0.1) is 0 Å². The second kappa shape index (κ2) is 8.40. The van der Waals surface area contributed by atoms with Gasteiger partial charge in [0, 0.05) is 18.3 Å². The van der Waals surface area contributed by atoms with Crippen LogP contribution in [-0.4, -0.2) is 51.8 Å². The Morgan fingerprint density at radius 1 is 1.27 bits per heavy atom. The molecule has 7 heteroatoms. The van der Waals surface area contributed by atoms with Crippen LogP contribution in [0.15, 0.2) is 41.7 Å². The predicted molar refractivity (Wildman–Crippen MR) is 101 cm³/mol. The number of esters is 1. The molecule has 3 rings (SSSR count). The van der Waals surface area contributed by atoms with Gasteiger partial charge in [0.1, 0.15) is 0 Å². The van der Waals surface area contributed by atoms with Gasteiger partial charge in [0.15, 0.2) is 17.5 Å². The fourth-order valence-corrected chi connectivity index (χ4v) is 3.75. The first-order valence-electron chi connectivity index (χ1n) is 8.75. The third-order valence-corrected chi connectivity index (χ3v) is 5.24. The molecule has 0 saturated carbocycles. The van der Waals surface area contributed by atoms with Gasteiger partial charge in [-0.15, -0.1) is 0 Å². The lowest BCUT2D eigenvalue weighted by molar-refractivity contribution is -0.137. The van der Waals surface area contributed by atoms with Crippen molar-refractivity contribution in [2.75, 3.05) is 19.4 Å². The molecule has 26 heavy (non-hydrogen) atoms. The molecule has 1 aromatic carbocycles. The molecule has 1 saturated heterocycles. The number of aromatic nitrogens is 2. The highest BCUT2D eigenvalue weighted by Crippen LogP contribution is 2.22. The van der Waals surface area contributed by atoms with E-state index in [2.05, 4.69) is 4.98 Å². The van der Waals surface area contributed by atoms with Gasteiger partial charge in [-0.25, -0.2) is 9.78 Å². The monoisotopic (exact) mass is 373 g/mol. The van der Waals surface area contributed by atoms with Crippen molar-refractivity contribution >= 4 is 23.6 Å². The van der Waals surface area contributed by atoms with Crippen molar-refractivity contribution in [2.24, 2.45) is 0 Å². The van der Waals surface area contributed by atoms with Crippen molar-refractivity contribution in [3.05, 3.63) is 42.2 Å². The van der Waals surface area contributed by atoms with Crippen LogP contribution in [0.25, 0.3) is 5.69 Å². The molecule has 0 spiro atoms.